The summed E-state index contributed by atoms with van der Waals surface area (Å²) < 4.78 is 12.1. The van der Waals surface area contributed by atoms with Crippen molar-refractivity contribution in [2.75, 3.05) is 20.3 Å². The average molecular weight is 347 g/mol. The highest BCUT2D eigenvalue weighted by Gasteiger charge is 2.27. The number of hydrogen-bond donors (Lipinski definition) is 1. The molecule has 2 aromatic rings. The molecule has 3 rings (SSSR count). The second-order valence-electron chi connectivity index (χ2n) is 5.65. The number of ether oxygens (including phenoxy) is 2. The Balaban J connectivity index is 2.15. The summed E-state index contributed by atoms with van der Waals surface area (Å²) in [5.41, 5.74) is -0.346. The Labute approximate surface area is 143 Å². The van der Waals surface area contributed by atoms with Crippen LogP contribution in [0.4, 0.5) is 5.69 Å². The largest absolute Gasteiger partial charge is 0.496 e. The van der Waals surface area contributed by atoms with E-state index in [4.69, 9.17) is 9.47 Å². The van der Waals surface area contributed by atoms with E-state index in [0.717, 1.165) is 18.9 Å². The quantitative estimate of drug-likeness (QED) is 0.652. The van der Waals surface area contributed by atoms with Crippen LogP contribution in [0.15, 0.2) is 24.5 Å². The summed E-state index contributed by atoms with van der Waals surface area (Å²) in [6, 6.07) is 2.39. The number of carboxylic acid groups (broad SMARTS) is 1. The van der Waals surface area contributed by atoms with Crippen molar-refractivity contribution >= 4 is 11.7 Å². The lowest BCUT2D eigenvalue weighted by atomic mass is 9.99. The van der Waals surface area contributed by atoms with Crippen molar-refractivity contribution in [1.82, 2.24) is 9.55 Å². The first-order chi connectivity index (χ1) is 12.0. The summed E-state index contributed by atoms with van der Waals surface area (Å²) in [6.45, 7) is 1.22. The smallest absolute Gasteiger partial charge is 0.339 e. The molecule has 2 heterocycles. The minimum Gasteiger partial charge on any atom is -0.496 e. The number of carboxylic acids is 1. The van der Waals surface area contributed by atoms with E-state index in [2.05, 4.69) is 4.98 Å². The molecule has 1 fully saturated rings. The van der Waals surface area contributed by atoms with Gasteiger partial charge in [0.2, 0.25) is 0 Å². The van der Waals surface area contributed by atoms with Crippen molar-refractivity contribution in [3.8, 4) is 11.4 Å². The Morgan fingerprint density at radius 2 is 2.16 bits per heavy atom. The molecule has 0 saturated carbocycles. The van der Waals surface area contributed by atoms with E-state index >= 15 is 0 Å². The monoisotopic (exact) mass is 347 g/mol. The van der Waals surface area contributed by atoms with Crippen LogP contribution in [-0.4, -0.2) is 45.9 Å². The van der Waals surface area contributed by atoms with Gasteiger partial charge in [0.05, 0.1) is 12.0 Å². The van der Waals surface area contributed by atoms with Gasteiger partial charge in [-0.05, 0) is 12.8 Å². The van der Waals surface area contributed by atoms with Gasteiger partial charge in [-0.25, -0.2) is 9.78 Å². The third kappa shape index (κ3) is 3.18. The number of nitro groups is 1. The molecule has 1 saturated heterocycles. The number of nitro benzene ring substituents is 1. The van der Waals surface area contributed by atoms with Gasteiger partial charge in [-0.3, -0.25) is 14.7 Å². The van der Waals surface area contributed by atoms with Gasteiger partial charge in [0.15, 0.2) is 0 Å². The van der Waals surface area contributed by atoms with E-state index < -0.39 is 10.9 Å². The van der Waals surface area contributed by atoms with Gasteiger partial charge in [0, 0.05) is 43.7 Å². The normalized spacial score (nSPS) is 15.1. The predicted molar refractivity (Wildman–Crippen MR) is 86.5 cm³/mol. The van der Waals surface area contributed by atoms with Crippen LogP contribution in [0, 0.1) is 10.1 Å². The molecule has 0 atom stereocenters. The lowest BCUT2D eigenvalue weighted by molar-refractivity contribution is -0.384. The third-order valence-corrected chi connectivity index (χ3v) is 4.24. The third-order valence-electron chi connectivity index (χ3n) is 4.24. The number of aromatic nitrogens is 2. The maximum atomic E-state index is 11.5. The molecule has 1 N–H and O–H groups in total. The maximum absolute atomic E-state index is 11.5. The van der Waals surface area contributed by atoms with E-state index in [1.807, 2.05) is 0 Å². The number of nitrogens with zero attached hydrogens (tertiary/aromatic N) is 3. The number of hydrogen-bond acceptors (Lipinski definition) is 6. The SMILES string of the molecule is COc1cc(-n2ccnc2C2CCOCC2)c([N+](=O)[O-])cc1C(=O)O. The molecule has 0 spiro atoms. The molecular formula is C16H17N3O6. The van der Waals surface area contributed by atoms with Crippen molar-refractivity contribution in [3.05, 3.63) is 46.0 Å². The zero-order valence-corrected chi connectivity index (χ0v) is 13.5. The summed E-state index contributed by atoms with van der Waals surface area (Å²) >= 11 is 0. The van der Waals surface area contributed by atoms with Gasteiger partial charge in [0.25, 0.3) is 5.69 Å². The lowest BCUT2D eigenvalue weighted by Gasteiger charge is -2.22. The fraction of sp³-hybridized carbons (Fsp3) is 0.375. The van der Waals surface area contributed by atoms with Crippen molar-refractivity contribution in [1.29, 1.82) is 0 Å². The molecule has 1 aromatic heterocycles. The zero-order chi connectivity index (χ0) is 18.0. The number of imidazole rings is 1. The van der Waals surface area contributed by atoms with Gasteiger partial charge in [-0.1, -0.05) is 0 Å². The molecule has 9 nitrogen and oxygen atoms in total. The first-order valence-corrected chi connectivity index (χ1v) is 7.74. The number of benzene rings is 1. The van der Waals surface area contributed by atoms with Crippen molar-refractivity contribution in [2.45, 2.75) is 18.8 Å². The van der Waals surface area contributed by atoms with Crippen LogP contribution < -0.4 is 4.74 Å². The standard InChI is InChI=1S/C16H17N3O6/c1-24-14-9-12(13(19(22)23)8-11(14)16(20)21)18-5-4-17-15(18)10-2-6-25-7-3-10/h4-5,8-10H,2-3,6-7H2,1H3,(H,20,21). The van der Waals surface area contributed by atoms with Crippen LogP contribution in [0.25, 0.3) is 5.69 Å². The Morgan fingerprint density at radius 1 is 1.44 bits per heavy atom. The molecule has 132 valence electrons. The van der Waals surface area contributed by atoms with Gasteiger partial charge >= 0.3 is 5.97 Å². The topological polar surface area (TPSA) is 117 Å². The summed E-state index contributed by atoms with van der Waals surface area (Å²) in [5, 5.41) is 20.7. The number of aromatic carboxylic acids is 1. The molecular weight excluding hydrogens is 330 g/mol. The highest BCUT2D eigenvalue weighted by Crippen LogP contribution is 2.35. The van der Waals surface area contributed by atoms with Crippen molar-refractivity contribution in [2.24, 2.45) is 0 Å². The fourth-order valence-corrected chi connectivity index (χ4v) is 3.01. The van der Waals surface area contributed by atoms with Gasteiger partial charge < -0.3 is 14.6 Å². The van der Waals surface area contributed by atoms with Gasteiger partial charge in [-0.2, -0.15) is 0 Å². The first-order valence-electron chi connectivity index (χ1n) is 7.74. The molecule has 0 aliphatic carbocycles. The lowest BCUT2D eigenvalue weighted by Crippen LogP contribution is -2.18. The Morgan fingerprint density at radius 3 is 2.76 bits per heavy atom. The highest BCUT2D eigenvalue weighted by molar-refractivity contribution is 5.92. The van der Waals surface area contributed by atoms with Crippen LogP contribution in [-0.2, 0) is 4.74 Å². The molecule has 1 aliphatic heterocycles. The van der Waals surface area contributed by atoms with Crippen molar-refractivity contribution in [3.63, 3.8) is 0 Å². The van der Waals surface area contributed by atoms with E-state index in [-0.39, 0.29) is 28.6 Å². The van der Waals surface area contributed by atoms with Gasteiger partial charge in [-0.15, -0.1) is 0 Å². The maximum Gasteiger partial charge on any atom is 0.339 e. The molecule has 1 aromatic carbocycles. The zero-order valence-electron chi connectivity index (χ0n) is 13.5. The molecule has 1 aliphatic rings. The van der Waals surface area contributed by atoms with E-state index in [0.29, 0.717) is 19.0 Å². The average Bonchev–Trinajstić information content (AvgIpc) is 3.10. The van der Waals surface area contributed by atoms with E-state index in [1.54, 1.807) is 17.0 Å². The highest BCUT2D eigenvalue weighted by atomic mass is 16.6. The van der Waals surface area contributed by atoms with Crippen molar-refractivity contribution < 1.29 is 24.3 Å². The van der Waals surface area contributed by atoms with E-state index in [9.17, 15) is 20.0 Å². The van der Waals surface area contributed by atoms with Gasteiger partial charge in [0.1, 0.15) is 22.8 Å². The Bertz CT molecular complexity index is 810. The van der Waals surface area contributed by atoms with E-state index in [1.165, 1.54) is 13.2 Å². The van der Waals surface area contributed by atoms with Crippen LogP contribution in [0.2, 0.25) is 0 Å². The second kappa shape index (κ2) is 6.89. The molecule has 0 radical (unpaired) electrons. The van der Waals surface area contributed by atoms with Crippen LogP contribution in [0.1, 0.15) is 34.9 Å². The second-order valence-corrected chi connectivity index (χ2v) is 5.65. The fourth-order valence-electron chi connectivity index (χ4n) is 3.01. The minimum atomic E-state index is -1.29. The first kappa shape index (κ1) is 16.9. The number of carbonyl (C=O) groups is 1. The number of rotatable bonds is 5. The molecule has 0 unspecified atom stereocenters. The molecule has 0 amide bonds. The molecule has 25 heavy (non-hydrogen) atoms. The molecule has 9 heteroatoms. The predicted octanol–water partition coefficient (Wildman–Crippen LogP) is 2.38. The van der Waals surface area contributed by atoms with Crippen LogP contribution >= 0.6 is 0 Å². The molecule has 0 bridgehead atoms. The van der Waals surface area contributed by atoms with Crippen LogP contribution in [0.3, 0.4) is 0 Å². The van der Waals surface area contributed by atoms with Crippen LogP contribution in [0.5, 0.6) is 5.75 Å². The number of methoxy groups -OCH3 is 1. The minimum absolute atomic E-state index is 0.0553. The Hall–Kier alpha value is -2.94. The summed E-state index contributed by atoms with van der Waals surface area (Å²) in [4.78, 5) is 26.6. The summed E-state index contributed by atoms with van der Waals surface area (Å²) in [6.07, 6.45) is 4.75. The summed E-state index contributed by atoms with van der Waals surface area (Å²) in [5.74, 6) is -0.425. The summed E-state index contributed by atoms with van der Waals surface area (Å²) in [7, 11) is 1.32. The Kier molecular flexibility index (Phi) is 4.66.